The van der Waals surface area contributed by atoms with Crippen LogP contribution < -0.4 is 5.56 Å². The fourth-order valence-corrected chi connectivity index (χ4v) is 4.44. The standard InChI is InChI=1S/C25H25N3O6/c1-5-25(32)17-9-19-21-13(11-28(19)22(30)16(17)12-33-23(25)31)8-14-15(10-26-34-24(2,3)4)20(29)7-6-18(14)27-21/h6-10,29,32H,5,11-12H2,1-4H3/t25-/m0/s1. The molecule has 0 fully saturated rings. The van der Waals surface area contributed by atoms with Gasteiger partial charge >= 0.3 is 5.97 Å². The summed E-state index contributed by atoms with van der Waals surface area (Å²) in [7, 11) is 0. The van der Waals surface area contributed by atoms with Gasteiger partial charge < -0.3 is 24.4 Å². The number of cyclic esters (lactones) is 1. The van der Waals surface area contributed by atoms with E-state index in [4.69, 9.17) is 14.6 Å². The third-order valence-corrected chi connectivity index (χ3v) is 6.22. The summed E-state index contributed by atoms with van der Waals surface area (Å²) >= 11 is 0. The zero-order valence-corrected chi connectivity index (χ0v) is 19.4. The number of rotatable bonds is 3. The van der Waals surface area contributed by atoms with Crippen molar-refractivity contribution in [2.24, 2.45) is 5.16 Å². The number of pyridine rings is 2. The van der Waals surface area contributed by atoms with Crippen molar-refractivity contribution < 1.29 is 24.6 Å². The van der Waals surface area contributed by atoms with Gasteiger partial charge in [0.1, 0.15) is 18.0 Å². The van der Waals surface area contributed by atoms with Gasteiger partial charge in [0.15, 0.2) is 5.60 Å². The smallest absolute Gasteiger partial charge is 0.343 e. The molecule has 2 aliphatic rings. The maximum Gasteiger partial charge on any atom is 0.343 e. The van der Waals surface area contributed by atoms with Gasteiger partial charge in [0, 0.05) is 22.1 Å². The number of aromatic nitrogens is 2. The lowest BCUT2D eigenvalue weighted by atomic mass is 9.86. The topological polar surface area (TPSA) is 123 Å². The highest BCUT2D eigenvalue weighted by Crippen LogP contribution is 2.39. The first-order valence-electron chi connectivity index (χ1n) is 11.1. The summed E-state index contributed by atoms with van der Waals surface area (Å²) in [4.78, 5) is 35.8. The predicted octanol–water partition coefficient (Wildman–Crippen LogP) is 2.93. The predicted molar refractivity (Wildman–Crippen MR) is 125 cm³/mol. The van der Waals surface area contributed by atoms with E-state index in [9.17, 15) is 19.8 Å². The number of carbonyl (C=O) groups excluding carboxylic acids is 1. The average molecular weight is 463 g/mol. The Morgan fingerprint density at radius 2 is 2.06 bits per heavy atom. The van der Waals surface area contributed by atoms with Crippen LogP contribution in [0.3, 0.4) is 0 Å². The Morgan fingerprint density at radius 3 is 2.76 bits per heavy atom. The Kier molecular flexibility index (Phi) is 4.80. The van der Waals surface area contributed by atoms with Crippen molar-refractivity contribution in [1.29, 1.82) is 0 Å². The number of phenolic OH excluding ortho intramolecular Hbond substituents is 1. The van der Waals surface area contributed by atoms with Gasteiger partial charge in [-0.2, -0.15) is 0 Å². The van der Waals surface area contributed by atoms with E-state index in [0.717, 1.165) is 5.56 Å². The van der Waals surface area contributed by atoms with Crippen LogP contribution in [0.2, 0.25) is 0 Å². The molecular weight excluding hydrogens is 438 g/mol. The second-order valence-electron chi connectivity index (χ2n) is 9.60. The molecule has 0 spiro atoms. The summed E-state index contributed by atoms with van der Waals surface area (Å²) in [6.45, 7) is 7.36. The van der Waals surface area contributed by atoms with E-state index in [1.807, 2.05) is 26.8 Å². The minimum Gasteiger partial charge on any atom is -0.507 e. The monoisotopic (exact) mass is 463 g/mol. The number of oxime groups is 1. The summed E-state index contributed by atoms with van der Waals surface area (Å²) in [6.07, 6.45) is 1.53. The van der Waals surface area contributed by atoms with Gasteiger partial charge in [-0.05, 0) is 51.5 Å². The SMILES string of the molecule is CC[C@@]1(O)C(=O)OCc2c1cc1n(c2=O)Cc2cc3c(C=NOC(C)(C)C)c(O)ccc3nc2-1. The first-order chi connectivity index (χ1) is 16.0. The molecule has 176 valence electrons. The van der Waals surface area contributed by atoms with Crippen LogP contribution in [-0.2, 0) is 33.1 Å². The minimum atomic E-state index is -1.87. The molecule has 0 saturated carbocycles. The highest BCUT2D eigenvalue weighted by molar-refractivity contribution is 6.02. The van der Waals surface area contributed by atoms with Gasteiger partial charge in [-0.15, -0.1) is 0 Å². The number of phenols is 1. The molecule has 0 unspecified atom stereocenters. The lowest BCUT2D eigenvalue weighted by molar-refractivity contribution is -0.172. The quantitative estimate of drug-likeness (QED) is 0.272. The normalized spacial score (nSPS) is 19.1. The molecule has 5 rings (SSSR count). The number of nitrogens with zero attached hydrogens (tertiary/aromatic N) is 3. The number of hydrogen-bond acceptors (Lipinski definition) is 8. The molecule has 9 nitrogen and oxygen atoms in total. The first-order valence-corrected chi connectivity index (χ1v) is 11.1. The molecular formula is C25H25N3O6. The molecule has 0 amide bonds. The van der Waals surface area contributed by atoms with Crippen molar-refractivity contribution in [2.75, 3.05) is 0 Å². The van der Waals surface area contributed by atoms with Crippen LogP contribution >= 0.6 is 0 Å². The van der Waals surface area contributed by atoms with E-state index in [2.05, 4.69) is 5.16 Å². The van der Waals surface area contributed by atoms with E-state index in [1.54, 1.807) is 23.6 Å². The third-order valence-electron chi connectivity index (χ3n) is 6.22. The van der Waals surface area contributed by atoms with Crippen LogP contribution in [-0.4, -0.2) is 37.5 Å². The second-order valence-corrected chi connectivity index (χ2v) is 9.60. The van der Waals surface area contributed by atoms with Gasteiger partial charge in [0.25, 0.3) is 5.56 Å². The molecule has 34 heavy (non-hydrogen) atoms. The molecule has 2 aromatic heterocycles. The number of fused-ring (bicyclic) bond motifs is 5. The molecule has 1 atom stereocenters. The molecule has 3 aromatic rings. The van der Waals surface area contributed by atoms with Gasteiger partial charge in [-0.3, -0.25) is 4.79 Å². The Hall–Kier alpha value is -3.72. The van der Waals surface area contributed by atoms with Gasteiger partial charge in [-0.25, -0.2) is 9.78 Å². The lowest BCUT2D eigenvalue weighted by Gasteiger charge is -2.31. The highest BCUT2D eigenvalue weighted by Gasteiger charge is 2.45. The van der Waals surface area contributed by atoms with Crippen molar-refractivity contribution in [1.82, 2.24) is 9.55 Å². The number of aromatic hydroxyl groups is 1. The van der Waals surface area contributed by atoms with E-state index < -0.39 is 17.2 Å². The maximum absolute atomic E-state index is 13.3. The Balaban J connectivity index is 1.68. The lowest BCUT2D eigenvalue weighted by Crippen LogP contribution is -2.44. The second kappa shape index (κ2) is 7.39. The Morgan fingerprint density at radius 1 is 1.29 bits per heavy atom. The molecule has 1 aromatic carbocycles. The first kappa shape index (κ1) is 22.1. The average Bonchev–Trinajstić information content (AvgIpc) is 3.14. The summed E-state index contributed by atoms with van der Waals surface area (Å²) in [6, 6.07) is 6.76. The number of hydrogen-bond donors (Lipinski definition) is 2. The van der Waals surface area contributed by atoms with Crippen LogP contribution in [0, 0.1) is 0 Å². The van der Waals surface area contributed by atoms with Crippen molar-refractivity contribution in [3.05, 3.63) is 56.9 Å². The van der Waals surface area contributed by atoms with Crippen molar-refractivity contribution in [3.63, 3.8) is 0 Å². The molecule has 9 heteroatoms. The van der Waals surface area contributed by atoms with Crippen LogP contribution in [0.4, 0.5) is 0 Å². The number of aliphatic hydroxyl groups is 1. The molecule has 0 bridgehead atoms. The molecule has 2 aliphatic heterocycles. The molecule has 2 N–H and O–H groups in total. The van der Waals surface area contributed by atoms with Gasteiger partial charge in [0.2, 0.25) is 0 Å². The van der Waals surface area contributed by atoms with Crippen molar-refractivity contribution >= 4 is 23.1 Å². The fourth-order valence-electron chi connectivity index (χ4n) is 4.44. The van der Waals surface area contributed by atoms with E-state index in [1.165, 1.54) is 12.3 Å². The van der Waals surface area contributed by atoms with Gasteiger partial charge in [-0.1, -0.05) is 12.1 Å². The fraction of sp³-hybridized carbons (Fsp3) is 0.360. The zero-order chi connectivity index (χ0) is 24.4. The largest absolute Gasteiger partial charge is 0.507 e. The van der Waals surface area contributed by atoms with Crippen LogP contribution in [0.1, 0.15) is 56.4 Å². The van der Waals surface area contributed by atoms with E-state index in [0.29, 0.717) is 27.9 Å². The number of esters is 1. The number of carbonyl (C=O) groups is 1. The van der Waals surface area contributed by atoms with Crippen LogP contribution in [0.25, 0.3) is 22.3 Å². The van der Waals surface area contributed by atoms with Crippen molar-refractivity contribution in [2.45, 2.75) is 58.5 Å². The maximum atomic E-state index is 13.3. The van der Waals surface area contributed by atoms with Crippen LogP contribution in [0.15, 0.2) is 34.2 Å². The van der Waals surface area contributed by atoms with Crippen LogP contribution in [0.5, 0.6) is 5.75 Å². The molecule has 0 radical (unpaired) electrons. The number of ether oxygens (including phenoxy) is 1. The summed E-state index contributed by atoms with van der Waals surface area (Å²) in [5.74, 6) is -0.726. The van der Waals surface area contributed by atoms with E-state index >= 15 is 0 Å². The van der Waals surface area contributed by atoms with E-state index in [-0.39, 0.29) is 42.0 Å². The summed E-state index contributed by atoms with van der Waals surface area (Å²) in [5.41, 5.74) is 0.814. The number of benzene rings is 1. The Labute approximate surface area is 195 Å². The summed E-state index contributed by atoms with van der Waals surface area (Å²) < 4.78 is 6.68. The van der Waals surface area contributed by atoms with Gasteiger partial charge in [0.05, 0.1) is 35.2 Å². The van der Waals surface area contributed by atoms with Crippen molar-refractivity contribution in [3.8, 4) is 17.1 Å². The zero-order valence-electron chi connectivity index (χ0n) is 19.4. The Bertz CT molecular complexity index is 1450. The minimum absolute atomic E-state index is 0.0299. The molecule has 0 saturated heterocycles. The summed E-state index contributed by atoms with van der Waals surface area (Å²) in [5, 5.41) is 26.1. The molecule has 4 heterocycles. The highest BCUT2D eigenvalue weighted by atomic mass is 16.6. The third kappa shape index (κ3) is 3.27. The molecule has 0 aliphatic carbocycles.